The summed E-state index contributed by atoms with van der Waals surface area (Å²) in [6.45, 7) is 3.36. The molecular formula is C21H15Br2O5S-. The van der Waals surface area contributed by atoms with E-state index in [1.54, 1.807) is 50.3 Å². The highest BCUT2D eigenvalue weighted by Crippen LogP contribution is 2.39. The number of carbonyl (C=O) groups excluding carboxylic acids is 1. The van der Waals surface area contributed by atoms with Crippen LogP contribution in [-0.2, 0) is 14.9 Å². The molecule has 29 heavy (non-hydrogen) atoms. The first-order valence-electron chi connectivity index (χ1n) is 8.40. The third-order valence-corrected chi connectivity index (χ3v) is 6.57. The number of allylic oxidation sites excluding steroid dienone is 5. The lowest BCUT2D eigenvalue weighted by molar-refractivity contribution is -0.111. The van der Waals surface area contributed by atoms with Crippen molar-refractivity contribution < 1.29 is 22.9 Å². The Balaban J connectivity index is 2.47. The van der Waals surface area contributed by atoms with Crippen LogP contribution in [0.4, 0.5) is 0 Å². The Labute approximate surface area is 185 Å². The molecule has 2 aromatic carbocycles. The standard InChI is InChI=1S/C21H16Br2O5S/c1-11-7-13(9-16(22)20(11)24)19(14-8-12(2)21(25)17(23)10-14)15-5-3-4-6-18(15)29(26,27)28/h3-10,24H,1-2H3,(H,26,27,28)/p-1. The molecular weight excluding hydrogens is 524 g/mol. The number of phenols is 1. The van der Waals surface area contributed by atoms with E-state index in [4.69, 9.17) is 0 Å². The second kappa shape index (κ2) is 8.02. The van der Waals surface area contributed by atoms with Crippen molar-refractivity contribution in [1.82, 2.24) is 0 Å². The normalized spacial score (nSPS) is 16.4. The third kappa shape index (κ3) is 4.30. The number of Topliss-reactive ketones (excluding diaryl/α,β-unsaturated/α-hetero) is 1. The number of benzene rings is 2. The van der Waals surface area contributed by atoms with E-state index in [2.05, 4.69) is 31.9 Å². The first-order chi connectivity index (χ1) is 13.5. The smallest absolute Gasteiger partial charge is 0.195 e. The molecule has 0 aliphatic heterocycles. The predicted octanol–water partition coefficient (Wildman–Crippen LogP) is 4.98. The van der Waals surface area contributed by atoms with Crippen LogP contribution >= 0.6 is 31.9 Å². The second-order valence-electron chi connectivity index (χ2n) is 6.55. The molecule has 1 aliphatic rings. The minimum atomic E-state index is -4.76. The minimum absolute atomic E-state index is 0.0603. The van der Waals surface area contributed by atoms with Gasteiger partial charge in [-0.05, 0) is 104 Å². The van der Waals surface area contributed by atoms with Gasteiger partial charge < -0.3 is 9.66 Å². The highest BCUT2D eigenvalue weighted by molar-refractivity contribution is 9.12. The molecule has 5 nitrogen and oxygen atoms in total. The van der Waals surface area contributed by atoms with Crippen molar-refractivity contribution in [3.8, 4) is 5.75 Å². The number of hydrogen-bond donors (Lipinski definition) is 1. The lowest BCUT2D eigenvalue weighted by atomic mass is 9.88. The summed E-state index contributed by atoms with van der Waals surface area (Å²) in [5.41, 5.74) is 2.82. The summed E-state index contributed by atoms with van der Waals surface area (Å²) in [5, 5.41) is 10.1. The molecule has 0 aromatic heterocycles. The summed E-state index contributed by atoms with van der Waals surface area (Å²) < 4.78 is 36.5. The van der Waals surface area contributed by atoms with Gasteiger partial charge in [0.2, 0.25) is 0 Å². The van der Waals surface area contributed by atoms with Crippen LogP contribution in [0.3, 0.4) is 0 Å². The number of phenolic OH excluding ortho intramolecular Hbond substituents is 1. The van der Waals surface area contributed by atoms with Crippen molar-refractivity contribution in [3.05, 3.63) is 85.3 Å². The lowest BCUT2D eigenvalue weighted by Gasteiger charge is -2.20. The Hall–Kier alpha value is -2.00. The first kappa shape index (κ1) is 21.7. The van der Waals surface area contributed by atoms with E-state index in [1.165, 1.54) is 12.1 Å². The highest BCUT2D eigenvalue weighted by Gasteiger charge is 2.22. The Bertz CT molecular complexity index is 1190. The number of halogens is 2. The number of hydrogen-bond acceptors (Lipinski definition) is 5. The van der Waals surface area contributed by atoms with Gasteiger partial charge in [-0.25, -0.2) is 8.42 Å². The molecule has 0 unspecified atom stereocenters. The summed E-state index contributed by atoms with van der Waals surface area (Å²) >= 11 is 6.56. The van der Waals surface area contributed by atoms with Gasteiger partial charge in [-0.15, -0.1) is 0 Å². The van der Waals surface area contributed by atoms with E-state index in [0.717, 1.165) is 0 Å². The fourth-order valence-corrected chi connectivity index (χ4v) is 4.93. The zero-order valence-electron chi connectivity index (χ0n) is 15.4. The van der Waals surface area contributed by atoms with Crippen molar-refractivity contribution in [2.24, 2.45) is 0 Å². The highest BCUT2D eigenvalue weighted by atomic mass is 79.9. The van der Waals surface area contributed by atoms with E-state index in [0.29, 0.717) is 36.8 Å². The first-order valence-corrected chi connectivity index (χ1v) is 11.4. The van der Waals surface area contributed by atoms with Crippen molar-refractivity contribution >= 4 is 53.3 Å². The Morgan fingerprint density at radius 2 is 1.72 bits per heavy atom. The molecule has 0 amide bonds. The zero-order chi connectivity index (χ0) is 21.5. The summed E-state index contributed by atoms with van der Waals surface area (Å²) in [4.78, 5) is 11.8. The zero-order valence-corrected chi connectivity index (χ0v) is 19.4. The largest absolute Gasteiger partial charge is 0.744 e. The molecule has 0 radical (unpaired) electrons. The van der Waals surface area contributed by atoms with Crippen LogP contribution in [0.1, 0.15) is 23.6 Å². The molecule has 0 spiro atoms. The quantitative estimate of drug-likeness (QED) is 0.556. The minimum Gasteiger partial charge on any atom is -0.744 e. The number of aryl methyl sites for hydroxylation is 1. The number of ketones is 1. The molecule has 1 N–H and O–H groups in total. The molecule has 150 valence electrons. The van der Waals surface area contributed by atoms with E-state index in [-0.39, 0.29) is 22.0 Å². The Morgan fingerprint density at radius 3 is 2.31 bits per heavy atom. The number of carbonyl (C=O) groups is 1. The van der Waals surface area contributed by atoms with Crippen molar-refractivity contribution in [2.45, 2.75) is 18.7 Å². The van der Waals surface area contributed by atoms with Crippen LogP contribution in [0.5, 0.6) is 5.75 Å². The van der Waals surface area contributed by atoms with Gasteiger partial charge in [-0.3, -0.25) is 4.79 Å². The van der Waals surface area contributed by atoms with E-state index in [1.807, 2.05) is 0 Å². The SMILES string of the molecule is CC1=CC(=C(c2cc(C)c(O)c(Br)c2)c2ccccc2S(=O)(=O)[O-])C=C(Br)C1=O. The van der Waals surface area contributed by atoms with E-state index < -0.39 is 10.1 Å². The van der Waals surface area contributed by atoms with Gasteiger partial charge in [-0.1, -0.05) is 18.2 Å². The van der Waals surface area contributed by atoms with Gasteiger partial charge in [0.15, 0.2) is 5.78 Å². The second-order valence-corrected chi connectivity index (χ2v) is 9.61. The summed E-state index contributed by atoms with van der Waals surface area (Å²) in [7, 11) is -4.76. The molecule has 0 bridgehead atoms. The monoisotopic (exact) mass is 537 g/mol. The Kier molecular flexibility index (Phi) is 6.01. The maximum Gasteiger partial charge on any atom is 0.195 e. The van der Waals surface area contributed by atoms with Crippen LogP contribution in [0.25, 0.3) is 5.57 Å². The van der Waals surface area contributed by atoms with Crippen molar-refractivity contribution in [1.29, 1.82) is 0 Å². The predicted molar refractivity (Wildman–Crippen MR) is 117 cm³/mol. The van der Waals surface area contributed by atoms with Gasteiger partial charge in [0.25, 0.3) is 0 Å². The van der Waals surface area contributed by atoms with Crippen LogP contribution < -0.4 is 0 Å². The van der Waals surface area contributed by atoms with E-state index in [9.17, 15) is 22.9 Å². The number of aromatic hydroxyl groups is 1. The fraction of sp³-hybridized carbons (Fsp3) is 0.0952. The molecule has 3 rings (SSSR count). The molecule has 8 heteroatoms. The Morgan fingerprint density at radius 1 is 1.07 bits per heavy atom. The molecule has 2 aromatic rings. The topological polar surface area (TPSA) is 94.5 Å². The summed E-state index contributed by atoms with van der Waals surface area (Å²) in [6, 6.07) is 9.24. The molecule has 0 atom stereocenters. The molecule has 0 saturated heterocycles. The van der Waals surface area contributed by atoms with Gasteiger partial charge in [0.05, 0.1) is 13.9 Å². The third-order valence-electron chi connectivity index (χ3n) is 4.49. The van der Waals surface area contributed by atoms with Gasteiger partial charge in [0.1, 0.15) is 15.9 Å². The van der Waals surface area contributed by atoms with Crippen LogP contribution in [0.2, 0.25) is 0 Å². The molecule has 1 aliphatic carbocycles. The van der Waals surface area contributed by atoms with Gasteiger partial charge in [-0.2, -0.15) is 0 Å². The van der Waals surface area contributed by atoms with Crippen LogP contribution in [-0.4, -0.2) is 23.9 Å². The van der Waals surface area contributed by atoms with Crippen LogP contribution in [0, 0.1) is 6.92 Å². The fourth-order valence-electron chi connectivity index (χ4n) is 3.12. The van der Waals surface area contributed by atoms with E-state index >= 15 is 0 Å². The average Bonchev–Trinajstić information content (AvgIpc) is 2.64. The average molecular weight is 539 g/mol. The molecule has 0 heterocycles. The summed E-state index contributed by atoms with van der Waals surface area (Å²) in [6.07, 6.45) is 3.24. The van der Waals surface area contributed by atoms with Crippen LogP contribution in [0.15, 0.2) is 73.5 Å². The summed E-state index contributed by atoms with van der Waals surface area (Å²) in [5.74, 6) is -0.119. The van der Waals surface area contributed by atoms with Gasteiger partial charge in [0, 0.05) is 5.56 Å². The van der Waals surface area contributed by atoms with Gasteiger partial charge >= 0.3 is 0 Å². The van der Waals surface area contributed by atoms with Crippen molar-refractivity contribution in [2.75, 3.05) is 0 Å². The maximum atomic E-state index is 12.2. The number of rotatable bonds is 3. The maximum absolute atomic E-state index is 12.2. The van der Waals surface area contributed by atoms with Crippen molar-refractivity contribution in [3.63, 3.8) is 0 Å². The lowest BCUT2D eigenvalue weighted by Crippen LogP contribution is -2.08. The molecule has 0 saturated carbocycles. The molecule has 0 fully saturated rings.